The number of hydrogen-bond donors (Lipinski definition) is 2. The molecule has 0 aliphatic carbocycles. The number of ketones is 2. The van der Waals surface area contributed by atoms with Gasteiger partial charge in [-0.15, -0.1) is 0 Å². The first-order valence-corrected chi connectivity index (χ1v) is 8.59. The van der Waals surface area contributed by atoms with Crippen LogP contribution in [0, 0.1) is 5.92 Å². The Labute approximate surface area is 158 Å². The smallest absolute Gasteiger partial charge is 0.166 e. The molecule has 5 nitrogen and oxygen atoms in total. The maximum Gasteiger partial charge on any atom is 0.166 e. The standard InChI is InChI=1S/C22H22O5/c1-3-27-22-14-17(8-13-21(22)26)7-12-20(25)15(2)19(24)11-6-16-4-9-18(23)10-5-16/h4-15,23,26H,3H2,1-2H3/b11-6+,12-7+. The molecule has 0 aromatic heterocycles. The van der Waals surface area contributed by atoms with Crippen LogP contribution < -0.4 is 4.74 Å². The van der Waals surface area contributed by atoms with Gasteiger partial charge < -0.3 is 14.9 Å². The molecule has 27 heavy (non-hydrogen) atoms. The fraction of sp³-hybridized carbons (Fsp3) is 0.182. The van der Waals surface area contributed by atoms with E-state index in [0.717, 1.165) is 5.56 Å². The molecule has 1 atom stereocenters. The lowest BCUT2D eigenvalue weighted by atomic mass is 9.99. The van der Waals surface area contributed by atoms with Gasteiger partial charge in [0.05, 0.1) is 12.5 Å². The second-order valence-electron chi connectivity index (χ2n) is 5.94. The predicted molar refractivity (Wildman–Crippen MR) is 105 cm³/mol. The van der Waals surface area contributed by atoms with Gasteiger partial charge in [0.1, 0.15) is 5.75 Å². The fourth-order valence-electron chi connectivity index (χ4n) is 2.28. The molecule has 0 heterocycles. The molecule has 0 amide bonds. The number of ether oxygens (including phenoxy) is 1. The number of aromatic hydroxyl groups is 2. The molecule has 2 aromatic carbocycles. The number of allylic oxidation sites excluding steroid dienone is 2. The van der Waals surface area contributed by atoms with Crippen molar-refractivity contribution in [1.29, 1.82) is 0 Å². The van der Waals surface area contributed by atoms with Crippen LogP contribution in [0.15, 0.2) is 54.6 Å². The Morgan fingerprint density at radius 2 is 1.52 bits per heavy atom. The van der Waals surface area contributed by atoms with E-state index >= 15 is 0 Å². The minimum Gasteiger partial charge on any atom is -0.508 e. The highest BCUT2D eigenvalue weighted by Gasteiger charge is 2.16. The summed E-state index contributed by atoms with van der Waals surface area (Å²) in [6.45, 7) is 3.78. The van der Waals surface area contributed by atoms with E-state index in [4.69, 9.17) is 4.74 Å². The van der Waals surface area contributed by atoms with Crippen LogP contribution in [0.3, 0.4) is 0 Å². The van der Waals surface area contributed by atoms with Gasteiger partial charge >= 0.3 is 0 Å². The summed E-state index contributed by atoms with van der Waals surface area (Å²) in [4.78, 5) is 24.4. The molecule has 0 saturated heterocycles. The van der Waals surface area contributed by atoms with Crippen molar-refractivity contribution in [1.82, 2.24) is 0 Å². The van der Waals surface area contributed by atoms with Gasteiger partial charge in [0.15, 0.2) is 23.1 Å². The van der Waals surface area contributed by atoms with Crippen LogP contribution in [0.2, 0.25) is 0 Å². The molecule has 0 radical (unpaired) electrons. The summed E-state index contributed by atoms with van der Waals surface area (Å²) in [5.41, 5.74) is 1.44. The molecule has 0 aliphatic rings. The average Bonchev–Trinajstić information content (AvgIpc) is 2.67. The maximum absolute atomic E-state index is 12.2. The van der Waals surface area contributed by atoms with Crippen molar-refractivity contribution in [3.8, 4) is 17.2 Å². The maximum atomic E-state index is 12.2. The molecular weight excluding hydrogens is 344 g/mol. The van der Waals surface area contributed by atoms with Gasteiger partial charge in [0, 0.05) is 0 Å². The summed E-state index contributed by atoms with van der Waals surface area (Å²) >= 11 is 0. The van der Waals surface area contributed by atoms with E-state index < -0.39 is 5.92 Å². The van der Waals surface area contributed by atoms with Crippen molar-refractivity contribution in [3.05, 3.63) is 65.7 Å². The molecular formula is C22H22O5. The van der Waals surface area contributed by atoms with E-state index in [2.05, 4.69) is 0 Å². The van der Waals surface area contributed by atoms with Gasteiger partial charge in [-0.3, -0.25) is 9.59 Å². The lowest BCUT2D eigenvalue weighted by molar-refractivity contribution is -0.126. The normalized spacial score (nSPS) is 12.4. The quantitative estimate of drug-likeness (QED) is 0.545. The molecule has 0 bridgehead atoms. The van der Waals surface area contributed by atoms with E-state index in [1.54, 1.807) is 43.3 Å². The largest absolute Gasteiger partial charge is 0.508 e. The summed E-state index contributed by atoms with van der Waals surface area (Å²) in [5, 5.41) is 18.9. The number of phenolic OH excluding ortho intramolecular Hbond substituents is 2. The van der Waals surface area contributed by atoms with Crippen LogP contribution >= 0.6 is 0 Å². The van der Waals surface area contributed by atoms with E-state index in [1.807, 2.05) is 6.92 Å². The van der Waals surface area contributed by atoms with Crippen molar-refractivity contribution in [2.24, 2.45) is 5.92 Å². The molecule has 0 fully saturated rings. The van der Waals surface area contributed by atoms with Crippen LogP contribution in [0.1, 0.15) is 25.0 Å². The second kappa shape index (κ2) is 9.38. The summed E-state index contributed by atoms with van der Waals surface area (Å²) < 4.78 is 5.30. The Kier molecular flexibility index (Phi) is 6.94. The van der Waals surface area contributed by atoms with E-state index in [-0.39, 0.29) is 23.1 Å². The Bertz CT molecular complexity index is 863. The van der Waals surface area contributed by atoms with Crippen molar-refractivity contribution in [3.63, 3.8) is 0 Å². The van der Waals surface area contributed by atoms with Crippen LogP contribution in [-0.4, -0.2) is 28.4 Å². The monoisotopic (exact) mass is 366 g/mol. The second-order valence-corrected chi connectivity index (χ2v) is 5.94. The Hall–Kier alpha value is -3.34. The predicted octanol–water partition coefficient (Wildman–Crippen LogP) is 4.00. The minimum absolute atomic E-state index is 0.0308. The van der Waals surface area contributed by atoms with Gasteiger partial charge in [-0.05, 0) is 61.4 Å². The first-order chi connectivity index (χ1) is 12.9. The lowest BCUT2D eigenvalue weighted by Gasteiger charge is -2.06. The summed E-state index contributed by atoms with van der Waals surface area (Å²) in [6.07, 6.45) is 5.89. The molecule has 0 saturated carbocycles. The topological polar surface area (TPSA) is 83.8 Å². The fourth-order valence-corrected chi connectivity index (χ4v) is 2.28. The van der Waals surface area contributed by atoms with Crippen LogP contribution in [0.25, 0.3) is 12.2 Å². The number of benzene rings is 2. The molecule has 2 aromatic rings. The summed E-state index contributed by atoms with van der Waals surface area (Å²) in [5.74, 6) is -0.914. The highest BCUT2D eigenvalue weighted by atomic mass is 16.5. The first kappa shape index (κ1) is 20.0. The zero-order valence-corrected chi connectivity index (χ0v) is 15.3. The number of hydrogen-bond acceptors (Lipinski definition) is 5. The van der Waals surface area contributed by atoms with Crippen molar-refractivity contribution in [2.45, 2.75) is 13.8 Å². The Morgan fingerprint density at radius 3 is 2.11 bits per heavy atom. The number of carbonyl (C=O) groups excluding carboxylic acids is 2. The zero-order valence-electron chi connectivity index (χ0n) is 15.3. The number of rotatable bonds is 8. The number of phenols is 2. The van der Waals surface area contributed by atoms with E-state index in [0.29, 0.717) is 17.9 Å². The van der Waals surface area contributed by atoms with Crippen LogP contribution in [0.5, 0.6) is 17.2 Å². The van der Waals surface area contributed by atoms with Gasteiger partial charge in [0.25, 0.3) is 0 Å². The molecule has 0 spiro atoms. The molecule has 1 unspecified atom stereocenters. The molecule has 140 valence electrons. The Balaban J connectivity index is 2.01. The summed E-state index contributed by atoms with van der Waals surface area (Å²) in [6, 6.07) is 11.2. The first-order valence-electron chi connectivity index (χ1n) is 8.59. The summed E-state index contributed by atoms with van der Waals surface area (Å²) in [7, 11) is 0. The highest BCUT2D eigenvalue weighted by molar-refractivity contribution is 6.13. The van der Waals surface area contributed by atoms with Crippen molar-refractivity contribution >= 4 is 23.7 Å². The average molecular weight is 366 g/mol. The highest BCUT2D eigenvalue weighted by Crippen LogP contribution is 2.27. The molecule has 5 heteroatoms. The van der Waals surface area contributed by atoms with Gasteiger partial charge in [0.2, 0.25) is 0 Å². The minimum atomic E-state index is -0.807. The van der Waals surface area contributed by atoms with Gasteiger partial charge in [-0.2, -0.15) is 0 Å². The van der Waals surface area contributed by atoms with Crippen LogP contribution in [0.4, 0.5) is 0 Å². The lowest BCUT2D eigenvalue weighted by Crippen LogP contribution is -2.17. The van der Waals surface area contributed by atoms with Crippen molar-refractivity contribution < 1.29 is 24.5 Å². The SMILES string of the molecule is CCOc1cc(/C=C/C(=O)C(C)C(=O)/C=C/c2ccc(O)cc2)ccc1O. The van der Waals surface area contributed by atoms with Crippen LogP contribution in [-0.2, 0) is 9.59 Å². The van der Waals surface area contributed by atoms with Crippen molar-refractivity contribution in [2.75, 3.05) is 6.61 Å². The van der Waals surface area contributed by atoms with Gasteiger partial charge in [-0.25, -0.2) is 0 Å². The van der Waals surface area contributed by atoms with E-state index in [1.165, 1.54) is 30.4 Å². The molecule has 0 aliphatic heterocycles. The Morgan fingerprint density at radius 1 is 0.963 bits per heavy atom. The third kappa shape index (κ3) is 5.85. The third-order valence-corrected chi connectivity index (χ3v) is 3.91. The van der Waals surface area contributed by atoms with Gasteiger partial charge in [-0.1, -0.05) is 30.4 Å². The zero-order chi connectivity index (χ0) is 19.8. The molecule has 2 rings (SSSR count). The molecule has 2 N–H and O–H groups in total. The van der Waals surface area contributed by atoms with E-state index in [9.17, 15) is 19.8 Å². The third-order valence-electron chi connectivity index (χ3n) is 3.91. The number of carbonyl (C=O) groups is 2.